The van der Waals surface area contributed by atoms with Crippen molar-refractivity contribution in [3.63, 3.8) is 0 Å². The van der Waals surface area contributed by atoms with Crippen LogP contribution in [0, 0.1) is 11.3 Å². The minimum absolute atomic E-state index is 0.734. The summed E-state index contributed by atoms with van der Waals surface area (Å²) in [6.07, 6.45) is 12.7. The fraction of sp³-hybridized carbons (Fsp3) is 0.667. The molecular weight excluding hydrogens is 240 g/mol. The summed E-state index contributed by atoms with van der Waals surface area (Å²) in [5.74, 6) is 0. The highest BCUT2D eigenvalue weighted by Gasteiger charge is 2.15. The summed E-state index contributed by atoms with van der Waals surface area (Å²) in [7, 11) is 0. The molecule has 0 unspecified atom stereocenters. The van der Waals surface area contributed by atoms with Crippen molar-refractivity contribution in [3.05, 3.63) is 16.0 Å². The highest BCUT2D eigenvalue weighted by Crippen LogP contribution is 2.33. The van der Waals surface area contributed by atoms with Crippen molar-refractivity contribution in [2.24, 2.45) is 0 Å². The van der Waals surface area contributed by atoms with Gasteiger partial charge in [-0.3, -0.25) is 0 Å². The fourth-order valence-corrected chi connectivity index (χ4v) is 3.88. The van der Waals surface area contributed by atoms with Crippen LogP contribution < -0.4 is 5.73 Å². The van der Waals surface area contributed by atoms with Gasteiger partial charge >= 0.3 is 0 Å². The first-order chi connectivity index (χ1) is 8.83. The number of fused-ring (bicyclic) bond motifs is 1. The number of nitrogens with two attached hydrogens (primary N) is 1. The van der Waals surface area contributed by atoms with Gasteiger partial charge in [-0.1, -0.05) is 38.5 Å². The van der Waals surface area contributed by atoms with Gasteiger partial charge in [0.25, 0.3) is 0 Å². The molecule has 3 heteroatoms. The van der Waals surface area contributed by atoms with E-state index < -0.39 is 0 Å². The molecule has 0 fully saturated rings. The highest BCUT2D eigenvalue weighted by molar-refractivity contribution is 7.16. The Hall–Kier alpha value is -1.01. The third-order valence-electron chi connectivity index (χ3n) is 3.81. The summed E-state index contributed by atoms with van der Waals surface area (Å²) >= 11 is 1.65. The molecule has 1 aliphatic carbocycles. The van der Waals surface area contributed by atoms with E-state index in [-0.39, 0.29) is 0 Å². The predicted molar refractivity (Wildman–Crippen MR) is 77.8 cm³/mol. The maximum Gasteiger partial charge on any atom is 0.104 e. The molecule has 1 heterocycles. The van der Waals surface area contributed by atoms with Crippen LogP contribution in [0.25, 0.3) is 0 Å². The Balaban J connectivity index is 2.16. The quantitative estimate of drug-likeness (QED) is 0.752. The molecule has 2 nitrogen and oxygen atoms in total. The predicted octanol–water partition coefficient (Wildman–Crippen LogP) is 4.42. The van der Waals surface area contributed by atoms with E-state index in [2.05, 4.69) is 6.07 Å². The topological polar surface area (TPSA) is 49.8 Å². The maximum absolute atomic E-state index is 9.23. The van der Waals surface area contributed by atoms with Crippen LogP contribution >= 0.6 is 11.3 Å². The normalized spacial score (nSPS) is 18.2. The lowest BCUT2D eigenvalue weighted by Crippen LogP contribution is -1.95. The zero-order chi connectivity index (χ0) is 12.8. The molecule has 0 radical (unpaired) electrons. The van der Waals surface area contributed by atoms with E-state index >= 15 is 0 Å². The van der Waals surface area contributed by atoms with Crippen LogP contribution in [0.4, 0.5) is 5.00 Å². The lowest BCUT2D eigenvalue weighted by molar-refractivity contribution is 0.561. The van der Waals surface area contributed by atoms with E-state index in [0.29, 0.717) is 0 Å². The van der Waals surface area contributed by atoms with Crippen LogP contribution in [0.15, 0.2) is 0 Å². The standard InChI is InChI=1S/C15H22N2S/c16-11-13-12-9-7-5-3-1-2-4-6-8-10-14(12)18-15(13)17/h1-10,17H2. The lowest BCUT2D eigenvalue weighted by atomic mass is 9.98. The average Bonchev–Trinajstić information content (AvgIpc) is 2.65. The van der Waals surface area contributed by atoms with Crippen molar-refractivity contribution in [2.75, 3.05) is 5.73 Å². The monoisotopic (exact) mass is 262 g/mol. The van der Waals surface area contributed by atoms with Crippen LogP contribution in [0.5, 0.6) is 0 Å². The summed E-state index contributed by atoms with van der Waals surface area (Å²) in [6.45, 7) is 0. The number of thiophene rings is 1. The molecule has 0 saturated heterocycles. The van der Waals surface area contributed by atoms with Gasteiger partial charge < -0.3 is 5.73 Å². The van der Waals surface area contributed by atoms with Gasteiger partial charge in [-0.25, -0.2) is 0 Å². The first-order valence-corrected chi connectivity index (χ1v) is 7.94. The second-order valence-electron chi connectivity index (χ2n) is 5.18. The van der Waals surface area contributed by atoms with Crippen LogP contribution in [-0.4, -0.2) is 0 Å². The summed E-state index contributed by atoms with van der Waals surface area (Å²) in [5.41, 5.74) is 8.00. The Morgan fingerprint density at radius 2 is 1.44 bits per heavy atom. The Morgan fingerprint density at radius 1 is 0.889 bits per heavy atom. The minimum Gasteiger partial charge on any atom is -0.389 e. The molecule has 0 spiro atoms. The van der Waals surface area contributed by atoms with E-state index in [1.54, 1.807) is 11.3 Å². The van der Waals surface area contributed by atoms with Crippen molar-refractivity contribution in [1.29, 1.82) is 5.26 Å². The maximum atomic E-state index is 9.23. The molecule has 0 aromatic carbocycles. The van der Waals surface area contributed by atoms with Gasteiger partial charge in [0.15, 0.2) is 0 Å². The van der Waals surface area contributed by atoms with Gasteiger partial charge in [0.2, 0.25) is 0 Å². The van der Waals surface area contributed by atoms with Crippen LogP contribution in [-0.2, 0) is 12.8 Å². The van der Waals surface area contributed by atoms with E-state index in [4.69, 9.17) is 5.73 Å². The number of anilines is 1. The van der Waals surface area contributed by atoms with Gasteiger partial charge in [0, 0.05) is 4.88 Å². The highest BCUT2D eigenvalue weighted by atomic mass is 32.1. The van der Waals surface area contributed by atoms with Crippen molar-refractivity contribution in [3.8, 4) is 6.07 Å². The van der Waals surface area contributed by atoms with E-state index in [1.807, 2.05) is 0 Å². The third kappa shape index (κ3) is 3.26. The number of nitrogens with zero attached hydrogens (tertiary/aromatic N) is 1. The third-order valence-corrected chi connectivity index (χ3v) is 4.93. The van der Waals surface area contributed by atoms with Crippen molar-refractivity contribution in [1.82, 2.24) is 0 Å². The number of hydrogen-bond acceptors (Lipinski definition) is 3. The van der Waals surface area contributed by atoms with E-state index in [1.165, 1.54) is 61.8 Å². The molecule has 0 atom stereocenters. The number of nitrogen functional groups attached to an aromatic ring is 1. The van der Waals surface area contributed by atoms with Crippen LogP contribution in [0.1, 0.15) is 67.4 Å². The first kappa shape index (κ1) is 13.4. The number of hydrogen-bond donors (Lipinski definition) is 1. The van der Waals surface area contributed by atoms with Gasteiger partial charge in [-0.05, 0) is 31.2 Å². The zero-order valence-electron chi connectivity index (χ0n) is 11.0. The Morgan fingerprint density at radius 3 is 2.06 bits per heavy atom. The molecule has 2 N–H and O–H groups in total. The Labute approximate surface area is 114 Å². The molecule has 0 aliphatic heterocycles. The summed E-state index contributed by atoms with van der Waals surface area (Å²) < 4.78 is 0. The van der Waals surface area contributed by atoms with Crippen LogP contribution in [0.2, 0.25) is 0 Å². The Kier molecular flexibility index (Phi) is 5.07. The van der Waals surface area contributed by atoms with Crippen molar-refractivity contribution >= 4 is 16.3 Å². The zero-order valence-corrected chi connectivity index (χ0v) is 11.8. The molecule has 0 amide bonds. The van der Waals surface area contributed by atoms with E-state index in [9.17, 15) is 5.26 Å². The van der Waals surface area contributed by atoms with Gasteiger partial charge in [0.05, 0.1) is 5.56 Å². The molecular formula is C15H22N2S. The van der Waals surface area contributed by atoms with E-state index in [0.717, 1.165) is 23.4 Å². The van der Waals surface area contributed by atoms with Gasteiger partial charge in [0.1, 0.15) is 11.1 Å². The molecule has 1 aromatic heterocycles. The Bertz CT molecular complexity index is 428. The van der Waals surface area contributed by atoms with Gasteiger partial charge in [-0.2, -0.15) is 5.26 Å². The molecule has 18 heavy (non-hydrogen) atoms. The molecule has 1 aliphatic rings. The van der Waals surface area contributed by atoms with Crippen molar-refractivity contribution in [2.45, 2.75) is 64.2 Å². The van der Waals surface area contributed by atoms with Gasteiger partial charge in [-0.15, -0.1) is 11.3 Å². The molecule has 2 rings (SSSR count). The second-order valence-corrected chi connectivity index (χ2v) is 6.32. The summed E-state index contributed by atoms with van der Waals surface area (Å²) in [5, 5.41) is 9.96. The molecule has 1 aromatic rings. The van der Waals surface area contributed by atoms with Crippen LogP contribution in [0.3, 0.4) is 0 Å². The summed E-state index contributed by atoms with van der Waals surface area (Å²) in [4.78, 5) is 1.38. The lowest BCUT2D eigenvalue weighted by Gasteiger charge is -2.07. The molecule has 98 valence electrons. The minimum atomic E-state index is 0.734. The second kappa shape index (κ2) is 6.80. The fourth-order valence-electron chi connectivity index (χ4n) is 2.77. The van der Waals surface area contributed by atoms with Crippen molar-refractivity contribution < 1.29 is 0 Å². The largest absolute Gasteiger partial charge is 0.389 e. The molecule has 0 bridgehead atoms. The molecule has 0 saturated carbocycles. The number of rotatable bonds is 0. The smallest absolute Gasteiger partial charge is 0.104 e. The summed E-state index contributed by atoms with van der Waals surface area (Å²) in [6, 6.07) is 2.30. The number of aryl methyl sites for hydroxylation is 1. The first-order valence-electron chi connectivity index (χ1n) is 7.13. The average molecular weight is 262 g/mol. The SMILES string of the molecule is N#Cc1c(N)sc2c1CCCCCCCCCC2. The number of nitriles is 1.